The van der Waals surface area contributed by atoms with Crippen LogP contribution in [0.15, 0.2) is 16.9 Å². The van der Waals surface area contributed by atoms with Crippen LogP contribution in [0.4, 0.5) is 0 Å². The Bertz CT molecular complexity index is 304. The van der Waals surface area contributed by atoms with Crippen molar-refractivity contribution in [3.8, 4) is 0 Å². The molecule has 3 N–H and O–H groups in total. The maximum absolute atomic E-state index is 11.2. The molecule has 1 atom stereocenters. The van der Waals surface area contributed by atoms with E-state index in [0.29, 0.717) is 6.42 Å². The van der Waals surface area contributed by atoms with Crippen LogP contribution in [0, 0.1) is 0 Å². The minimum Gasteiger partial charge on any atom is -0.320 e. The van der Waals surface area contributed by atoms with Crippen LogP contribution in [0.25, 0.3) is 0 Å². The molecule has 1 amide bonds. The number of halogens is 2. The monoisotopic (exact) mass is 282 g/mol. The molecule has 1 aromatic heterocycles. The Morgan fingerprint density at radius 2 is 2.50 bits per heavy atom. The number of amides is 1. The second-order valence-corrected chi connectivity index (χ2v) is 3.51. The molecule has 0 fully saturated rings. The summed E-state index contributed by atoms with van der Waals surface area (Å²) >= 11 is 3.21. The van der Waals surface area contributed by atoms with Gasteiger partial charge in [0.2, 0.25) is 0 Å². The van der Waals surface area contributed by atoms with Crippen molar-refractivity contribution in [3.05, 3.63) is 16.9 Å². The zero-order chi connectivity index (χ0) is 9.84. The molecule has 0 aliphatic carbocycles. The number of hydrogen-bond acceptors (Lipinski definition) is 3. The van der Waals surface area contributed by atoms with E-state index < -0.39 is 6.04 Å². The average Bonchev–Trinajstić information content (AvgIpc) is 2.49. The van der Waals surface area contributed by atoms with Gasteiger partial charge >= 0.3 is 0 Å². The Morgan fingerprint density at radius 3 is 2.93 bits per heavy atom. The molecule has 14 heavy (non-hydrogen) atoms. The third kappa shape index (κ3) is 3.65. The van der Waals surface area contributed by atoms with Crippen molar-refractivity contribution < 1.29 is 4.79 Å². The number of hydrogen-bond donors (Lipinski definition) is 2. The van der Waals surface area contributed by atoms with E-state index in [1.54, 1.807) is 12.4 Å². The Kier molecular flexibility index (Phi) is 5.75. The summed E-state index contributed by atoms with van der Waals surface area (Å²) in [4.78, 5) is 12.6. The van der Waals surface area contributed by atoms with Crippen molar-refractivity contribution in [2.24, 2.45) is 5.73 Å². The third-order valence-corrected chi connectivity index (χ3v) is 1.96. The Hall–Kier alpha value is -0.590. The molecule has 1 unspecified atom stereocenters. The van der Waals surface area contributed by atoms with Crippen LogP contribution >= 0.6 is 28.3 Å². The fourth-order valence-corrected chi connectivity index (χ4v) is 1.03. The molecule has 0 spiro atoms. The Balaban J connectivity index is 0.00000169. The summed E-state index contributed by atoms with van der Waals surface area (Å²) in [6.45, 7) is 1.85. The molecule has 0 aliphatic heterocycles. The molecule has 0 radical (unpaired) electrons. The lowest BCUT2D eigenvalue weighted by Gasteiger charge is -2.08. The van der Waals surface area contributed by atoms with Gasteiger partial charge in [-0.3, -0.25) is 4.79 Å². The van der Waals surface area contributed by atoms with Crippen molar-refractivity contribution in [3.63, 3.8) is 0 Å². The standard InChI is InChI=1S/C7H11BrN4O.ClH/c1-2-6(9)7(13)11-12-4-5(8)3-10-12;/h3-4,6H,2,9H2,1H3,(H,11,13);1H. The summed E-state index contributed by atoms with van der Waals surface area (Å²) in [5.41, 5.74) is 8.03. The zero-order valence-electron chi connectivity index (χ0n) is 7.61. The number of carbonyl (C=O) groups excluding carboxylic acids is 1. The number of rotatable bonds is 3. The Morgan fingerprint density at radius 1 is 1.86 bits per heavy atom. The van der Waals surface area contributed by atoms with Gasteiger partial charge < -0.3 is 5.73 Å². The molecular weight excluding hydrogens is 271 g/mol. The van der Waals surface area contributed by atoms with Gasteiger partial charge in [-0.2, -0.15) is 9.89 Å². The SMILES string of the molecule is CCC(N)C(=O)Nn1cc(Br)cn1.Cl. The van der Waals surface area contributed by atoms with Crippen molar-refractivity contribution in [1.29, 1.82) is 0 Å². The van der Waals surface area contributed by atoms with Crippen LogP contribution in [0.2, 0.25) is 0 Å². The Labute approximate surface area is 96.5 Å². The number of nitrogens with zero attached hydrogens (tertiary/aromatic N) is 2. The van der Waals surface area contributed by atoms with E-state index in [0.717, 1.165) is 4.47 Å². The molecule has 0 saturated carbocycles. The highest BCUT2D eigenvalue weighted by molar-refractivity contribution is 9.10. The van der Waals surface area contributed by atoms with Gasteiger partial charge in [-0.15, -0.1) is 12.4 Å². The van der Waals surface area contributed by atoms with Gasteiger partial charge in [0.25, 0.3) is 5.91 Å². The van der Waals surface area contributed by atoms with Crippen LogP contribution in [-0.2, 0) is 4.79 Å². The summed E-state index contributed by atoms with van der Waals surface area (Å²) < 4.78 is 0.804. The zero-order valence-corrected chi connectivity index (χ0v) is 10.0. The molecule has 0 saturated heterocycles. The lowest BCUT2D eigenvalue weighted by atomic mass is 10.2. The van der Waals surface area contributed by atoms with Crippen molar-refractivity contribution in [2.45, 2.75) is 19.4 Å². The highest BCUT2D eigenvalue weighted by atomic mass is 79.9. The largest absolute Gasteiger partial charge is 0.320 e. The van der Waals surface area contributed by atoms with E-state index in [-0.39, 0.29) is 18.3 Å². The van der Waals surface area contributed by atoms with Gasteiger partial charge in [-0.1, -0.05) is 6.92 Å². The second-order valence-electron chi connectivity index (χ2n) is 2.59. The number of nitrogens with two attached hydrogens (primary N) is 1. The second kappa shape index (κ2) is 6.00. The summed E-state index contributed by atoms with van der Waals surface area (Å²) in [5, 5.41) is 3.85. The smallest absolute Gasteiger partial charge is 0.256 e. The van der Waals surface area contributed by atoms with E-state index in [4.69, 9.17) is 5.73 Å². The highest BCUT2D eigenvalue weighted by Gasteiger charge is 2.10. The van der Waals surface area contributed by atoms with E-state index >= 15 is 0 Å². The van der Waals surface area contributed by atoms with Gasteiger partial charge in [0.1, 0.15) is 0 Å². The lowest BCUT2D eigenvalue weighted by molar-refractivity contribution is -0.118. The summed E-state index contributed by atoms with van der Waals surface area (Å²) in [6, 6.07) is -0.483. The topological polar surface area (TPSA) is 72.9 Å². The summed E-state index contributed by atoms with van der Waals surface area (Å²) in [6.07, 6.45) is 3.83. The predicted molar refractivity (Wildman–Crippen MR) is 59.8 cm³/mol. The molecule has 0 aliphatic rings. The van der Waals surface area contributed by atoms with Gasteiger partial charge in [0, 0.05) is 0 Å². The van der Waals surface area contributed by atoms with Gasteiger partial charge in [-0.25, -0.2) is 5.43 Å². The normalized spacial score (nSPS) is 11.6. The van der Waals surface area contributed by atoms with Crippen LogP contribution in [0.5, 0.6) is 0 Å². The molecule has 1 heterocycles. The fourth-order valence-electron chi connectivity index (χ4n) is 0.743. The number of aromatic nitrogens is 2. The third-order valence-electron chi connectivity index (χ3n) is 1.55. The quantitative estimate of drug-likeness (QED) is 0.865. The van der Waals surface area contributed by atoms with E-state index in [1.807, 2.05) is 6.92 Å². The van der Waals surface area contributed by atoms with Crippen molar-refractivity contribution >= 4 is 34.2 Å². The van der Waals surface area contributed by atoms with Gasteiger partial charge in [0.15, 0.2) is 0 Å². The van der Waals surface area contributed by atoms with E-state index in [1.165, 1.54) is 4.79 Å². The number of carbonyl (C=O) groups is 1. The average molecular weight is 284 g/mol. The first-order chi connectivity index (χ1) is 6.13. The molecule has 5 nitrogen and oxygen atoms in total. The molecule has 0 aromatic carbocycles. The maximum atomic E-state index is 11.2. The highest BCUT2D eigenvalue weighted by Crippen LogP contribution is 2.04. The van der Waals surface area contributed by atoms with Crippen LogP contribution < -0.4 is 11.2 Å². The molecule has 1 aromatic rings. The molecule has 80 valence electrons. The van der Waals surface area contributed by atoms with Gasteiger partial charge in [-0.05, 0) is 22.4 Å². The predicted octanol–water partition coefficient (Wildman–Crippen LogP) is 0.875. The van der Waals surface area contributed by atoms with Crippen LogP contribution in [0.1, 0.15) is 13.3 Å². The van der Waals surface area contributed by atoms with Crippen molar-refractivity contribution in [2.75, 3.05) is 5.43 Å². The summed E-state index contributed by atoms with van der Waals surface area (Å²) in [7, 11) is 0. The first-order valence-corrected chi connectivity index (χ1v) is 4.69. The van der Waals surface area contributed by atoms with E-state index in [9.17, 15) is 4.79 Å². The number of nitrogens with one attached hydrogen (secondary N) is 1. The fraction of sp³-hybridized carbons (Fsp3) is 0.429. The first-order valence-electron chi connectivity index (χ1n) is 3.90. The maximum Gasteiger partial charge on any atom is 0.256 e. The molecule has 0 bridgehead atoms. The van der Waals surface area contributed by atoms with Crippen LogP contribution in [0.3, 0.4) is 0 Å². The van der Waals surface area contributed by atoms with Crippen molar-refractivity contribution in [1.82, 2.24) is 9.89 Å². The van der Waals surface area contributed by atoms with Gasteiger partial charge in [0.05, 0.1) is 22.9 Å². The minimum absolute atomic E-state index is 0. The molecule has 1 rings (SSSR count). The lowest BCUT2D eigenvalue weighted by Crippen LogP contribution is -2.38. The summed E-state index contributed by atoms with van der Waals surface area (Å²) in [5.74, 6) is -0.238. The molecular formula is C7H12BrClN4O. The minimum atomic E-state index is -0.483. The van der Waals surface area contributed by atoms with E-state index in [2.05, 4.69) is 26.5 Å². The van der Waals surface area contributed by atoms with Crippen LogP contribution in [-0.4, -0.2) is 21.8 Å². The molecule has 7 heteroatoms. The first kappa shape index (κ1) is 13.4.